The summed E-state index contributed by atoms with van der Waals surface area (Å²) in [5.41, 5.74) is -6.30. The molecular formula is C21H2F18O6. The number of phenolic OH excluding ortho intramolecular Hbond substituents is 2. The monoisotopic (exact) mass is 692 g/mol. The van der Waals surface area contributed by atoms with Crippen molar-refractivity contribution < 1.29 is 108 Å². The van der Waals surface area contributed by atoms with Crippen LogP contribution >= 0.6 is 0 Å². The number of benzene rings is 2. The molecule has 0 unspecified atom stereocenters. The molecule has 0 amide bonds. The number of rotatable bonds is 8. The first-order valence-corrected chi connectivity index (χ1v) is 10.1. The molecule has 0 saturated heterocycles. The molecule has 45 heavy (non-hydrogen) atoms. The van der Waals surface area contributed by atoms with Gasteiger partial charge in [0.05, 0.1) is 11.1 Å². The van der Waals surface area contributed by atoms with Crippen LogP contribution in [0.4, 0.5) is 79.0 Å². The number of hydrogen-bond donors (Lipinski definition) is 2. The van der Waals surface area contributed by atoms with Gasteiger partial charge in [-0.3, -0.25) is 9.59 Å². The van der Waals surface area contributed by atoms with Gasteiger partial charge in [-0.2, -0.15) is 26.3 Å². The smallest absolute Gasteiger partial charge is 0.502 e. The Morgan fingerprint density at radius 3 is 1.00 bits per heavy atom. The Labute approximate surface area is 232 Å². The van der Waals surface area contributed by atoms with Crippen molar-refractivity contribution in [1.29, 1.82) is 0 Å². The standard InChI is InChI=1S/C21H2F18O6/c22-3-1(7(26)15(13(40)9(3)28)44-20(34,35)36)5(24)11(30)17(42)19(32,33)18(43)12(31)6(25)2-4(23)10(29)14(41)16(8(2)27)45-21(37,38)39/h40-41H/b11-5+,12-6+. The Kier molecular flexibility index (Phi) is 9.66. The summed E-state index contributed by atoms with van der Waals surface area (Å²) in [6.45, 7) is 0. The first-order chi connectivity index (χ1) is 20.2. The number of aromatic hydroxyl groups is 2. The molecule has 0 aliphatic heterocycles. The van der Waals surface area contributed by atoms with Crippen molar-refractivity contribution in [2.45, 2.75) is 18.6 Å². The summed E-state index contributed by atoms with van der Waals surface area (Å²) in [6.07, 6.45) is -12.2. The average molecular weight is 692 g/mol. The largest absolute Gasteiger partial charge is 0.573 e. The van der Waals surface area contributed by atoms with E-state index < -0.39 is 123 Å². The Bertz CT molecular complexity index is 1530. The quantitative estimate of drug-likeness (QED) is 0.130. The van der Waals surface area contributed by atoms with Gasteiger partial charge in [0.25, 0.3) is 11.6 Å². The topological polar surface area (TPSA) is 93.1 Å². The van der Waals surface area contributed by atoms with Crippen molar-refractivity contribution >= 4 is 23.2 Å². The van der Waals surface area contributed by atoms with E-state index in [1.165, 1.54) is 0 Å². The minimum absolute atomic E-state index is 2.70. The van der Waals surface area contributed by atoms with Crippen molar-refractivity contribution in [2.75, 3.05) is 0 Å². The number of allylic oxidation sites excluding steroid dienone is 2. The van der Waals surface area contributed by atoms with Gasteiger partial charge in [0, 0.05) is 0 Å². The van der Waals surface area contributed by atoms with Crippen LogP contribution in [-0.2, 0) is 9.59 Å². The third kappa shape index (κ3) is 6.82. The highest BCUT2D eigenvalue weighted by Crippen LogP contribution is 2.45. The third-order valence-corrected chi connectivity index (χ3v) is 4.74. The number of carbonyl (C=O) groups excluding carboxylic acids is 2. The van der Waals surface area contributed by atoms with Crippen LogP contribution in [0.5, 0.6) is 23.0 Å². The maximum Gasteiger partial charge on any atom is 0.573 e. The number of ether oxygens (including phenoxy) is 2. The maximum absolute atomic E-state index is 14.3. The molecule has 0 fully saturated rings. The van der Waals surface area contributed by atoms with Crippen molar-refractivity contribution in [3.8, 4) is 23.0 Å². The molecule has 0 saturated carbocycles. The molecule has 0 radical (unpaired) electrons. The Balaban J connectivity index is 2.73. The number of carbonyl (C=O) groups is 2. The fourth-order valence-corrected chi connectivity index (χ4v) is 2.86. The van der Waals surface area contributed by atoms with E-state index in [0.29, 0.717) is 0 Å². The van der Waals surface area contributed by atoms with Gasteiger partial charge < -0.3 is 19.7 Å². The van der Waals surface area contributed by atoms with Gasteiger partial charge in [-0.25, -0.2) is 26.3 Å². The van der Waals surface area contributed by atoms with Gasteiger partial charge in [0.15, 0.2) is 34.9 Å². The summed E-state index contributed by atoms with van der Waals surface area (Å²) >= 11 is 0. The van der Waals surface area contributed by atoms with Crippen LogP contribution in [0.15, 0.2) is 11.7 Å². The van der Waals surface area contributed by atoms with Crippen molar-refractivity contribution in [2.24, 2.45) is 0 Å². The number of phenols is 2. The van der Waals surface area contributed by atoms with E-state index in [9.17, 15) is 88.6 Å². The molecule has 24 heteroatoms. The van der Waals surface area contributed by atoms with Crippen LogP contribution in [0.3, 0.4) is 0 Å². The molecule has 0 atom stereocenters. The van der Waals surface area contributed by atoms with Gasteiger partial charge in [0.1, 0.15) is 0 Å². The molecule has 0 heterocycles. The van der Waals surface area contributed by atoms with Crippen LogP contribution in [0.2, 0.25) is 0 Å². The number of hydrogen-bond acceptors (Lipinski definition) is 6. The predicted molar refractivity (Wildman–Crippen MR) is 103 cm³/mol. The SMILES string of the molecule is O=C(/C(F)=C(\F)c1c(F)c(F)c(O)c(OC(F)(F)F)c1F)C(F)(F)C(=O)/C(F)=C(\F)c1c(F)c(F)c(O)c(OC(F)(F)F)c1F. The Morgan fingerprint density at radius 2 is 0.756 bits per heavy atom. The maximum atomic E-state index is 14.3. The summed E-state index contributed by atoms with van der Waals surface area (Å²) in [5.74, 6) is -60.9. The highest BCUT2D eigenvalue weighted by atomic mass is 19.4. The van der Waals surface area contributed by atoms with Gasteiger partial charge >= 0.3 is 18.6 Å². The molecule has 248 valence electrons. The molecule has 0 spiro atoms. The molecule has 0 aliphatic rings. The lowest BCUT2D eigenvalue weighted by Gasteiger charge is -2.16. The first kappa shape index (κ1) is 36.4. The molecule has 6 nitrogen and oxygen atoms in total. The molecule has 2 rings (SSSR count). The number of halogens is 18. The van der Waals surface area contributed by atoms with E-state index in [1.54, 1.807) is 0 Å². The average Bonchev–Trinajstić information content (AvgIpc) is 2.92. The van der Waals surface area contributed by atoms with Gasteiger partial charge in [-0.1, -0.05) is 0 Å². The summed E-state index contributed by atoms with van der Waals surface area (Å²) < 4.78 is 249. The van der Waals surface area contributed by atoms with E-state index in [2.05, 4.69) is 9.47 Å². The van der Waals surface area contributed by atoms with Crippen LogP contribution in [0.1, 0.15) is 11.1 Å². The third-order valence-electron chi connectivity index (χ3n) is 4.74. The highest BCUT2D eigenvalue weighted by Gasteiger charge is 2.53. The van der Waals surface area contributed by atoms with E-state index >= 15 is 0 Å². The van der Waals surface area contributed by atoms with Gasteiger partial charge in [-0.05, 0) is 0 Å². The minimum atomic E-state index is -6.62. The normalized spacial score (nSPS) is 13.7. The van der Waals surface area contributed by atoms with Crippen LogP contribution in [0, 0.1) is 34.9 Å². The zero-order chi connectivity index (χ0) is 35.3. The van der Waals surface area contributed by atoms with E-state index in [1.807, 2.05) is 0 Å². The molecule has 2 aromatic carbocycles. The fourth-order valence-electron chi connectivity index (χ4n) is 2.86. The Morgan fingerprint density at radius 1 is 0.489 bits per heavy atom. The van der Waals surface area contributed by atoms with E-state index in [4.69, 9.17) is 10.2 Å². The zero-order valence-electron chi connectivity index (χ0n) is 19.8. The van der Waals surface area contributed by atoms with Crippen LogP contribution < -0.4 is 9.47 Å². The van der Waals surface area contributed by atoms with Gasteiger partial charge in [-0.15, -0.1) is 26.3 Å². The second kappa shape index (κ2) is 11.9. The zero-order valence-corrected chi connectivity index (χ0v) is 19.8. The van der Waals surface area contributed by atoms with Crippen molar-refractivity contribution in [3.63, 3.8) is 0 Å². The number of alkyl halides is 8. The number of ketones is 2. The molecular weight excluding hydrogens is 690 g/mol. The summed E-state index contributed by atoms with van der Waals surface area (Å²) in [6, 6.07) is 0. The van der Waals surface area contributed by atoms with Crippen LogP contribution in [0.25, 0.3) is 11.7 Å². The minimum Gasteiger partial charge on any atom is -0.502 e. The molecule has 2 N–H and O–H groups in total. The number of Topliss-reactive ketones (excluding diaryl/α,β-unsaturated/α-hetero) is 2. The first-order valence-electron chi connectivity index (χ1n) is 10.1. The molecule has 0 aliphatic carbocycles. The Hall–Kier alpha value is -4.80. The van der Waals surface area contributed by atoms with E-state index in [-0.39, 0.29) is 0 Å². The predicted octanol–water partition coefficient (Wildman–Crippen LogP) is 7.42. The van der Waals surface area contributed by atoms with E-state index in [0.717, 1.165) is 0 Å². The summed E-state index contributed by atoms with van der Waals surface area (Å²) in [4.78, 5) is 23.4. The summed E-state index contributed by atoms with van der Waals surface area (Å²) in [7, 11) is 0. The summed E-state index contributed by atoms with van der Waals surface area (Å²) in [5, 5.41) is 18.1. The lowest BCUT2D eigenvalue weighted by atomic mass is 10.0. The lowest BCUT2D eigenvalue weighted by Crippen LogP contribution is -2.39. The van der Waals surface area contributed by atoms with Crippen molar-refractivity contribution in [1.82, 2.24) is 0 Å². The van der Waals surface area contributed by atoms with Crippen LogP contribution in [-0.4, -0.2) is 40.4 Å². The molecule has 2 aromatic rings. The second-order valence-corrected chi connectivity index (χ2v) is 7.57. The molecule has 0 bridgehead atoms. The second-order valence-electron chi connectivity index (χ2n) is 7.57. The van der Waals surface area contributed by atoms with Crippen molar-refractivity contribution in [3.05, 3.63) is 57.7 Å². The molecule has 0 aromatic heterocycles. The van der Waals surface area contributed by atoms with Gasteiger partial charge in [0.2, 0.25) is 46.3 Å². The highest BCUT2D eigenvalue weighted by molar-refractivity contribution is 6.22. The fraction of sp³-hybridized carbons (Fsp3) is 0.143. The lowest BCUT2D eigenvalue weighted by molar-refractivity contribution is -0.277.